The van der Waals surface area contributed by atoms with Gasteiger partial charge in [0.25, 0.3) is 0 Å². The Bertz CT molecular complexity index is 1970. The van der Waals surface area contributed by atoms with Gasteiger partial charge < -0.3 is 29.9 Å². The van der Waals surface area contributed by atoms with Gasteiger partial charge in [-0.05, 0) is 67.4 Å². The molecule has 5 aromatic rings. The van der Waals surface area contributed by atoms with Crippen LogP contribution in [0.4, 0.5) is 33.2 Å². The zero-order valence-electron chi connectivity index (χ0n) is 29.6. The van der Waals surface area contributed by atoms with Crippen LogP contribution in [0, 0.1) is 5.82 Å². The number of nitrogens with one attached hydrogen (secondary N) is 2. The predicted octanol–water partition coefficient (Wildman–Crippen LogP) is 7.39. The molecule has 0 saturated carbocycles. The molecule has 1 aromatic heterocycles. The standard InChI is InChI=1S/C41H44FN7O3/c1-47-19-21-49(22-20-47)33-15-17-48(18-16-33)34-13-14-37(38(25-34)51-2)45-41-43-26-35(40(46-41)44-32-11-7-4-8-12-32)30-23-31(27-50)39(36(42)24-30)52-28-29-9-5-3-6-10-29/h3-14,23-27,33H,15-22,28H2,1-2H3,(H2,43,44,45,46). The van der Waals surface area contributed by atoms with Crippen molar-refractivity contribution in [1.82, 2.24) is 19.8 Å². The monoisotopic (exact) mass is 701 g/mol. The van der Waals surface area contributed by atoms with Crippen LogP contribution in [-0.4, -0.2) is 85.5 Å². The Balaban J connectivity index is 1.11. The number of halogens is 1. The van der Waals surface area contributed by atoms with Crippen molar-refractivity contribution in [2.24, 2.45) is 0 Å². The van der Waals surface area contributed by atoms with E-state index in [1.54, 1.807) is 19.4 Å². The van der Waals surface area contributed by atoms with E-state index in [4.69, 9.17) is 14.5 Å². The number of piperidine rings is 1. The lowest BCUT2D eigenvalue weighted by atomic mass is 10.0. The van der Waals surface area contributed by atoms with Crippen molar-refractivity contribution in [3.63, 3.8) is 0 Å². The zero-order chi connectivity index (χ0) is 35.9. The number of para-hydroxylation sites is 1. The van der Waals surface area contributed by atoms with Gasteiger partial charge in [0.15, 0.2) is 17.9 Å². The first-order chi connectivity index (χ1) is 25.5. The number of likely N-dealkylation sites (N-methyl/N-ethyl adjacent to an activating group) is 1. The molecule has 2 fully saturated rings. The maximum atomic E-state index is 15.6. The fourth-order valence-electron chi connectivity index (χ4n) is 6.92. The molecule has 0 atom stereocenters. The van der Waals surface area contributed by atoms with Crippen LogP contribution in [-0.2, 0) is 6.61 Å². The largest absolute Gasteiger partial charge is 0.494 e. The van der Waals surface area contributed by atoms with E-state index in [1.165, 1.54) is 6.07 Å². The van der Waals surface area contributed by atoms with Crippen molar-refractivity contribution in [3.05, 3.63) is 114 Å². The maximum absolute atomic E-state index is 15.6. The SMILES string of the molecule is COc1cc(N2CCC(N3CCN(C)CC3)CC2)ccc1Nc1ncc(-c2cc(F)c(OCc3ccccc3)c(C=O)c2)c(Nc2ccccc2)n1. The van der Waals surface area contributed by atoms with Crippen molar-refractivity contribution in [3.8, 4) is 22.6 Å². The summed E-state index contributed by atoms with van der Waals surface area (Å²) < 4.78 is 27.2. The third-order valence-electron chi connectivity index (χ3n) is 9.88. The number of hydrogen-bond donors (Lipinski definition) is 2. The summed E-state index contributed by atoms with van der Waals surface area (Å²) in [6.45, 7) is 6.70. The number of piperazine rings is 1. The number of aldehydes is 1. The summed E-state index contributed by atoms with van der Waals surface area (Å²) >= 11 is 0. The highest BCUT2D eigenvalue weighted by Crippen LogP contribution is 2.37. The first kappa shape index (κ1) is 34.9. The number of anilines is 5. The van der Waals surface area contributed by atoms with E-state index in [2.05, 4.69) is 49.5 Å². The van der Waals surface area contributed by atoms with Gasteiger partial charge in [-0.1, -0.05) is 48.5 Å². The number of methoxy groups -OCH3 is 1. The molecule has 0 aliphatic carbocycles. The van der Waals surface area contributed by atoms with E-state index in [1.807, 2.05) is 66.7 Å². The Hall–Kier alpha value is -5.52. The molecular formula is C41H44FN7O3. The molecule has 2 N–H and O–H groups in total. The van der Waals surface area contributed by atoms with E-state index in [0.29, 0.717) is 46.7 Å². The number of carbonyl (C=O) groups excluding carboxylic acids is 1. The minimum Gasteiger partial charge on any atom is -0.494 e. The summed E-state index contributed by atoms with van der Waals surface area (Å²) in [5.41, 5.74) is 4.50. The van der Waals surface area contributed by atoms with Gasteiger partial charge in [-0.15, -0.1) is 0 Å². The first-order valence-corrected chi connectivity index (χ1v) is 17.7. The maximum Gasteiger partial charge on any atom is 0.229 e. The van der Waals surface area contributed by atoms with Gasteiger partial charge in [0, 0.05) is 74.5 Å². The van der Waals surface area contributed by atoms with Crippen molar-refractivity contribution >= 4 is 35.1 Å². The summed E-state index contributed by atoms with van der Waals surface area (Å²) in [7, 11) is 3.85. The van der Waals surface area contributed by atoms with Crippen LogP contribution in [0.3, 0.4) is 0 Å². The number of carbonyl (C=O) groups is 1. The predicted molar refractivity (Wildman–Crippen MR) is 204 cm³/mol. The normalized spacial score (nSPS) is 15.6. The second kappa shape index (κ2) is 16.2. The topological polar surface area (TPSA) is 95.1 Å². The van der Waals surface area contributed by atoms with Crippen LogP contribution < -0.4 is 25.0 Å². The number of aromatic nitrogens is 2. The highest BCUT2D eigenvalue weighted by molar-refractivity contribution is 5.86. The fourth-order valence-corrected chi connectivity index (χ4v) is 6.92. The molecule has 3 heterocycles. The third-order valence-corrected chi connectivity index (χ3v) is 9.88. The van der Waals surface area contributed by atoms with Crippen molar-refractivity contribution < 1.29 is 18.7 Å². The van der Waals surface area contributed by atoms with Crippen LogP contribution >= 0.6 is 0 Å². The molecule has 52 heavy (non-hydrogen) atoms. The van der Waals surface area contributed by atoms with Gasteiger partial charge in [0.2, 0.25) is 5.95 Å². The van der Waals surface area contributed by atoms with Crippen LogP contribution in [0.1, 0.15) is 28.8 Å². The highest BCUT2D eigenvalue weighted by Gasteiger charge is 2.27. The molecule has 7 rings (SSSR count). The molecule has 0 unspecified atom stereocenters. The molecule has 4 aromatic carbocycles. The Morgan fingerprint density at radius 3 is 2.33 bits per heavy atom. The van der Waals surface area contributed by atoms with E-state index < -0.39 is 5.82 Å². The molecule has 2 aliphatic heterocycles. The van der Waals surface area contributed by atoms with Crippen LogP contribution in [0.5, 0.6) is 11.5 Å². The number of benzene rings is 4. The number of hydrogen-bond acceptors (Lipinski definition) is 10. The Kier molecular flexibility index (Phi) is 10.9. The first-order valence-electron chi connectivity index (χ1n) is 17.7. The lowest BCUT2D eigenvalue weighted by molar-refractivity contribution is 0.0982. The summed E-state index contributed by atoms with van der Waals surface area (Å²) in [6, 6.07) is 28.7. The molecule has 10 nitrogen and oxygen atoms in total. The van der Waals surface area contributed by atoms with Gasteiger partial charge in [0.1, 0.15) is 18.2 Å². The van der Waals surface area contributed by atoms with E-state index in [9.17, 15) is 4.79 Å². The summed E-state index contributed by atoms with van der Waals surface area (Å²) in [6.07, 6.45) is 4.50. The molecule has 2 aliphatic rings. The average Bonchev–Trinajstić information content (AvgIpc) is 3.18. The minimum absolute atomic E-state index is 0.0900. The summed E-state index contributed by atoms with van der Waals surface area (Å²) in [5.74, 6) is 0.663. The van der Waals surface area contributed by atoms with Gasteiger partial charge >= 0.3 is 0 Å². The van der Waals surface area contributed by atoms with Crippen LogP contribution in [0.15, 0.2) is 97.2 Å². The van der Waals surface area contributed by atoms with Gasteiger partial charge in [0.05, 0.1) is 18.4 Å². The van der Waals surface area contributed by atoms with Crippen molar-refractivity contribution in [2.75, 3.05) is 69.0 Å². The number of rotatable bonds is 12. The fraction of sp³-hybridized carbons (Fsp3) is 0.293. The molecular weight excluding hydrogens is 657 g/mol. The number of ether oxygens (including phenoxy) is 2. The van der Waals surface area contributed by atoms with Crippen molar-refractivity contribution in [2.45, 2.75) is 25.5 Å². The van der Waals surface area contributed by atoms with Gasteiger partial charge in [-0.25, -0.2) is 9.37 Å². The lowest BCUT2D eigenvalue weighted by Crippen LogP contribution is -2.52. The Morgan fingerprint density at radius 2 is 1.62 bits per heavy atom. The summed E-state index contributed by atoms with van der Waals surface area (Å²) in [5, 5.41) is 6.67. The average molecular weight is 702 g/mol. The molecule has 268 valence electrons. The quantitative estimate of drug-likeness (QED) is 0.128. The van der Waals surface area contributed by atoms with Crippen molar-refractivity contribution in [1.29, 1.82) is 0 Å². The van der Waals surface area contributed by atoms with E-state index in [-0.39, 0.29) is 17.9 Å². The molecule has 0 radical (unpaired) electrons. The minimum atomic E-state index is -0.656. The lowest BCUT2D eigenvalue weighted by Gasteiger charge is -2.42. The molecule has 11 heteroatoms. The highest BCUT2D eigenvalue weighted by atomic mass is 19.1. The molecule has 0 spiro atoms. The Labute approximate surface area is 304 Å². The van der Waals surface area contributed by atoms with Crippen LogP contribution in [0.25, 0.3) is 11.1 Å². The molecule has 2 saturated heterocycles. The second-order valence-electron chi connectivity index (χ2n) is 13.3. The van der Waals surface area contributed by atoms with E-state index in [0.717, 1.165) is 69.0 Å². The van der Waals surface area contributed by atoms with Gasteiger partial charge in [-0.2, -0.15) is 4.98 Å². The van der Waals surface area contributed by atoms with E-state index >= 15 is 4.39 Å². The molecule has 0 amide bonds. The zero-order valence-corrected chi connectivity index (χ0v) is 29.6. The third kappa shape index (κ3) is 8.17. The Morgan fingerprint density at radius 1 is 0.885 bits per heavy atom. The smallest absolute Gasteiger partial charge is 0.229 e. The molecule has 0 bridgehead atoms. The van der Waals surface area contributed by atoms with Crippen LogP contribution in [0.2, 0.25) is 0 Å². The second-order valence-corrected chi connectivity index (χ2v) is 13.3. The number of nitrogens with zero attached hydrogens (tertiary/aromatic N) is 5. The van der Waals surface area contributed by atoms with Gasteiger partial charge in [-0.3, -0.25) is 9.69 Å². The summed E-state index contributed by atoms with van der Waals surface area (Å²) in [4.78, 5) is 29.1.